The van der Waals surface area contributed by atoms with Gasteiger partial charge in [0.15, 0.2) is 5.82 Å². The number of aromatic nitrogens is 1. The van der Waals surface area contributed by atoms with E-state index >= 15 is 0 Å². The van der Waals surface area contributed by atoms with Gasteiger partial charge < -0.3 is 4.74 Å². The number of ether oxygens (including phenoxy) is 1. The first-order valence-electron chi connectivity index (χ1n) is 8.16. The van der Waals surface area contributed by atoms with Crippen LogP contribution in [0.15, 0.2) is 47.6 Å². The van der Waals surface area contributed by atoms with Gasteiger partial charge in [-0.05, 0) is 48.4 Å². The smallest absolute Gasteiger partial charge is 0.151 e. The Labute approximate surface area is 143 Å². The number of halogens is 1. The SMILES string of the molecule is CCCCCCCOc1ccc(C=Nc2ccc(Cl)cn2)cc1. The van der Waals surface area contributed by atoms with Crippen LogP contribution in [0.2, 0.25) is 5.02 Å². The van der Waals surface area contributed by atoms with Crippen molar-refractivity contribution in [3.8, 4) is 5.75 Å². The Bertz CT molecular complexity index is 594. The van der Waals surface area contributed by atoms with Crippen LogP contribution in [0.25, 0.3) is 0 Å². The van der Waals surface area contributed by atoms with Crippen molar-refractivity contribution in [2.24, 2.45) is 4.99 Å². The molecule has 0 fully saturated rings. The number of pyridine rings is 1. The van der Waals surface area contributed by atoms with Crippen molar-refractivity contribution < 1.29 is 4.74 Å². The van der Waals surface area contributed by atoms with Gasteiger partial charge >= 0.3 is 0 Å². The second-order valence-electron chi connectivity index (χ2n) is 5.42. The number of unbranched alkanes of at least 4 members (excludes halogenated alkanes) is 4. The molecule has 0 aliphatic carbocycles. The van der Waals surface area contributed by atoms with Gasteiger partial charge in [-0.1, -0.05) is 44.2 Å². The van der Waals surface area contributed by atoms with E-state index in [1.165, 1.54) is 25.7 Å². The fourth-order valence-corrected chi connectivity index (χ4v) is 2.24. The van der Waals surface area contributed by atoms with Gasteiger partial charge in [0.05, 0.1) is 11.6 Å². The van der Waals surface area contributed by atoms with Crippen LogP contribution in [0.5, 0.6) is 5.75 Å². The third-order valence-electron chi connectivity index (χ3n) is 3.45. The van der Waals surface area contributed by atoms with Crippen LogP contribution in [0.1, 0.15) is 44.6 Å². The van der Waals surface area contributed by atoms with Crippen molar-refractivity contribution in [1.29, 1.82) is 0 Å². The zero-order chi connectivity index (χ0) is 16.3. The van der Waals surface area contributed by atoms with Crippen LogP contribution in [-0.4, -0.2) is 17.8 Å². The number of hydrogen-bond donors (Lipinski definition) is 0. The molecule has 0 amide bonds. The third kappa shape index (κ3) is 6.83. The Morgan fingerprint density at radius 2 is 1.83 bits per heavy atom. The number of hydrogen-bond acceptors (Lipinski definition) is 3. The zero-order valence-corrected chi connectivity index (χ0v) is 14.3. The van der Waals surface area contributed by atoms with Crippen molar-refractivity contribution in [3.05, 3.63) is 53.2 Å². The fraction of sp³-hybridized carbons (Fsp3) is 0.368. The Balaban J connectivity index is 1.76. The molecular weight excluding hydrogens is 308 g/mol. The van der Waals surface area contributed by atoms with Gasteiger partial charge in [0.2, 0.25) is 0 Å². The summed E-state index contributed by atoms with van der Waals surface area (Å²) < 4.78 is 5.75. The quantitative estimate of drug-likeness (QED) is 0.428. The molecule has 1 heterocycles. The summed E-state index contributed by atoms with van der Waals surface area (Å²) in [5.74, 6) is 1.55. The first kappa shape index (κ1) is 17.5. The molecule has 0 atom stereocenters. The van der Waals surface area contributed by atoms with Crippen LogP contribution in [0, 0.1) is 0 Å². The van der Waals surface area contributed by atoms with E-state index in [-0.39, 0.29) is 0 Å². The Kier molecular flexibility index (Phi) is 7.61. The molecule has 1 aromatic heterocycles. The summed E-state index contributed by atoms with van der Waals surface area (Å²) in [6.07, 6.45) is 9.62. The summed E-state index contributed by atoms with van der Waals surface area (Å²) >= 11 is 5.79. The van der Waals surface area contributed by atoms with E-state index in [0.717, 1.165) is 24.3 Å². The summed E-state index contributed by atoms with van der Waals surface area (Å²) in [6, 6.07) is 11.5. The summed E-state index contributed by atoms with van der Waals surface area (Å²) in [4.78, 5) is 8.44. The summed E-state index contributed by atoms with van der Waals surface area (Å²) in [5.41, 5.74) is 1.01. The van der Waals surface area contributed by atoms with Crippen molar-refractivity contribution >= 4 is 23.6 Å². The number of rotatable bonds is 9. The highest BCUT2D eigenvalue weighted by Crippen LogP contribution is 2.14. The molecule has 2 aromatic rings. The van der Waals surface area contributed by atoms with Crippen LogP contribution in [-0.2, 0) is 0 Å². The summed E-state index contributed by atoms with van der Waals surface area (Å²) in [6.45, 7) is 3.01. The van der Waals surface area contributed by atoms with Crippen molar-refractivity contribution in [2.45, 2.75) is 39.0 Å². The zero-order valence-electron chi connectivity index (χ0n) is 13.5. The average molecular weight is 331 g/mol. The lowest BCUT2D eigenvalue weighted by Crippen LogP contribution is -1.97. The molecule has 0 aliphatic heterocycles. The van der Waals surface area contributed by atoms with Gasteiger partial charge in [-0.15, -0.1) is 0 Å². The molecule has 0 bridgehead atoms. The highest BCUT2D eigenvalue weighted by Gasteiger charge is 1.96. The predicted molar refractivity (Wildman–Crippen MR) is 97.2 cm³/mol. The van der Waals surface area contributed by atoms with E-state index in [0.29, 0.717) is 10.8 Å². The molecule has 0 radical (unpaired) electrons. The van der Waals surface area contributed by atoms with Crippen LogP contribution in [0.3, 0.4) is 0 Å². The van der Waals surface area contributed by atoms with Crippen LogP contribution in [0.4, 0.5) is 5.82 Å². The minimum Gasteiger partial charge on any atom is -0.494 e. The van der Waals surface area contributed by atoms with E-state index in [9.17, 15) is 0 Å². The predicted octanol–water partition coefficient (Wildman–Crippen LogP) is 5.83. The maximum Gasteiger partial charge on any atom is 0.151 e. The van der Waals surface area contributed by atoms with Gasteiger partial charge in [-0.3, -0.25) is 0 Å². The number of nitrogens with zero attached hydrogens (tertiary/aromatic N) is 2. The standard InChI is InChI=1S/C19H23ClN2O/c1-2-3-4-5-6-13-23-18-10-7-16(8-11-18)14-21-19-12-9-17(20)15-22-19/h7-12,14-15H,2-6,13H2,1H3. The minimum absolute atomic E-state index is 0.611. The molecular formula is C19H23ClN2O. The molecule has 0 saturated heterocycles. The Morgan fingerprint density at radius 1 is 1.04 bits per heavy atom. The number of benzene rings is 1. The average Bonchev–Trinajstić information content (AvgIpc) is 2.58. The number of aliphatic imine (C=N–C) groups is 1. The van der Waals surface area contributed by atoms with Crippen molar-refractivity contribution in [2.75, 3.05) is 6.61 Å². The Morgan fingerprint density at radius 3 is 2.52 bits per heavy atom. The fourth-order valence-electron chi connectivity index (χ4n) is 2.13. The Hall–Kier alpha value is -1.87. The summed E-state index contributed by atoms with van der Waals surface area (Å²) in [7, 11) is 0. The van der Waals surface area contributed by atoms with Gasteiger partial charge in [0.25, 0.3) is 0 Å². The van der Waals surface area contributed by atoms with Gasteiger partial charge in [0, 0.05) is 12.4 Å². The van der Waals surface area contributed by atoms with E-state index in [1.54, 1.807) is 24.5 Å². The summed E-state index contributed by atoms with van der Waals surface area (Å²) in [5, 5.41) is 0.611. The van der Waals surface area contributed by atoms with Crippen LogP contribution < -0.4 is 4.74 Å². The first-order chi connectivity index (χ1) is 11.3. The highest BCUT2D eigenvalue weighted by molar-refractivity contribution is 6.30. The molecule has 0 spiro atoms. The molecule has 0 unspecified atom stereocenters. The lowest BCUT2D eigenvalue weighted by Gasteiger charge is -2.06. The van der Waals surface area contributed by atoms with E-state index in [2.05, 4.69) is 16.9 Å². The normalized spacial score (nSPS) is 11.0. The van der Waals surface area contributed by atoms with E-state index in [4.69, 9.17) is 16.3 Å². The molecule has 0 saturated carbocycles. The van der Waals surface area contributed by atoms with Crippen molar-refractivity contribution in [1.82, 2.24) is 4.98 Å². The maximum absolute atomic E-state index is 5.79. The molecule has 23 heavy (non-hydrogen) atoms. The van der Waals surface area contributed by atoms with E-state index < -0.39 is 0 Å². The van der Waals surface area contributed by atoms with Crippen LogP contribution >= 0.6 is 11.6 Å². The minimum atomic E-state index is 0.611. The molecule has 4 heteroatoms. The van der Waals surface area contributed by atoms with Gasteiger partial charge in [0.1, 0.15) is 5.75 Å². The monoisotopic (exact) mass is 330 g/mol. The third-order valence-corrected chi connectivity index (χ3v) is 3.68. The topological polar surface area (TPSA) is 34.5 Å². The second kappa shape index (κ2) is 10.0. The van der Waals surface area contributed by atoms with Gasteiger partial charge in [-0.2, -0.15) is 0 Å². The highest BCUT2D eigenvalue weighted by atomic mass is 35.5. The van der Waals surface area contributed by atoms with Crippen molar-refractivity contribution in [3.63, 3.8) is 0 Å². The molecule has 0 aliphatic rings. The maximum atomic E-state index is 5.79. The molecule has 1 aromatic carbocycles. The molecule has 2 rings (SSSR count). The largest absolute Gasteiger partial charge is 0.494 e. The second-order valence-corrected chi connectivity index (χ2v) is 5.86. The lowest BCUT2D eigenvalue weighted by molar-refractivity contribution is 0.304. The van der Waals surface area contributed by atoms with E-state index in [1.807, 2.05) is 24.3 Å². The van der Waals surface area contributed by atoms with Gasteiger partial charge in [-0.25, -0.2) is 9.98 Å². The molecule has 3 nitrogen and oxygen atoms in total. The molecule has 122 valence electrons. The lowest BCUT2D eigenvalue weighted by atomic mass is 10.2. The molecule has 0 N–H and O–H groups in total. The first-order valence-corrected chi connectivity index (χ1v) is 8.54.